The molecule has 1 aliphatic heterocycles. The first kappa shape index (κ1) is 13.8. The van der Waals surface area contributed by atoms with Crippen LogP contribution in [0.5, 0.6) is 0 Å². The van der Waals surface area contributed by atoms with E-state index in [4.69, 9.17) is 18.0 Å². The van der Waals surface area contributed by atoms with Crippen LogP contribution in [0, 0.1) is 11.3 Å². The van der Waals surface area contributed by atoms with Crippen molar-refractivity contribution in [2.45, 2.75) is 51.9 Å². The molecule has 1 aliphatic carbocycles. The maximum atomic E-state index is 12.1. The number of likely N-dealkylation sites (tertiary alicyclic amines) is 1. The second-order valence-electron chi connectivity index (χ2n) is 6.06. The van der Waals surface area contributed by atoms with Gasteiger partial charge in [-0.1, -0.05) is 25.6 Å². The number of hydrogen-bond acceptors (Lipinski definition) is 2. The lowest BCUT2D eigenvalue weighted by molar-refractivity contribution is -0.131. The Morgan fingerprint density at radius 1 is 1.50 bits per heavy atom. The first-order valence-corrected chi connectivity index (χ1v) is 7.51. The van der Waals surface area contributed by atoms with Gasteiger partial charge < -0.3 is 10.6 Å². The number of rotatable bonds is 5. The number of thiocarbonyl (C=S) groups is 1. The van der Waals surface area contributed by atoms with Crippen LogP contribution in [0.1, 0.15) is 51.9 Å². The van der Waals surface area contributed by atoms with Crippen LogP contribution < -0.4 is 5.73 Å². The van der Waals surface area contributed by atoms with Crippen LogP contribution >= 0.6 is 12.2 Å². The van der Waals surface area contributed by atoms with Gasteiger partial charge in [-0.05, 0) is 37.0 Å². The van der Waals surface area contributed by atoms with E-state index in [0.717, 1.165) is 44.7 Å². The van der Waals surface area contributed by atoms with Gasteiger partial charge in [0.25, 0.3) is 0 Å². The Morgan fingerprint density at radius 3 is 2.78 bits per heavy atom. The maximum Gasteiger partial charge on any atom is 0.222 e. The average molecular weight is 268 g/mol. The molecule has 0 aromatic heterocycles. The largest absolute Gasteiger partial charge is 0.393 e. The Morgan fingerprint density at radius 2 is 2.22 bits per heavy atom. The van der Waals surface area contributed by atoms with E-state index in [1.807, 2.05) is 0 Å². The lowest BCUT2D eigenvalue weighted by Crippen LogP contribution is -2.37. The summed E-state index contributed by atoms with van der Waals surface area (Å²) in [4.78, 5) is 14.8. The van der Waals surface area contributed by atoms with Crippen molar-refractivity contribution in [3.05, 3.63) is 0 Å². The van der Waals surface area contributed by atoms with E-state index < -0.39 is 0 Å². The van der Waals surface area contributed by atoms with Crippen LogP contribution in [0.15, 0.2) is 0 Å². The summed E-state index contributed by atoms with van der Waals surface area (Å²) in [6.07, 6.45) is 7.29. The van der Waals surface area contributed by atoms with Gasteiger partial charge in [0, 0.05) is 25.9 Å². The highest BCUT2D eigenvalue weighted by Crippen LogP contribution is 2.49. The van der Waals surface area contributed by atoms with E-state index in [1.165, 1.54) is 19.3 Å². The summed E-state index contributed by atoms with van der Waals surface area (Å²) < 4.78 is 0. The molecule has 2 rings (SSSR count). The highest BCUT2D eigenvalue weighted by molar-refractivity contribution is 7.80. The molecule has 0 aromatic rings. The lowest BCUT2D eigenvalue weighted by Gasteiger charge is -2.26. The van der Waals surface area contributed by atoms with Crippen molar-refractivity contribution in [3.63, 3.8) is 0 Å². The summed E-state index contributed by atoms with van der Waals surface area (Å²) in [6.45, 7) is 4.02. The summed E-state index contributed by atoms with van der Waals surface area (Å²) in [7, 11) is 0. The third-order valence-corrected chi connectivity index (χ3v) is 4.68. The number of hydrogen-bond donors (Lipinski definition) is 1. The fraction of sp³-hybridized carbons (Fsp3) is 0.857. The van der Waals surface area contributed by atoms with Crippen LogP contribution in [0.3, 0.4) is 0 Å². The van der Waals surface area contributed by atoms with Gasteiger partial charge in [0.1, 0.15) is 0 Å². The van der Waals surface area contributed by atoms with E-state index in [9.17, 15) is 4.79 Å². The Balaban J connectivity index is 1.92. The third-order valence-electron chi connectivity index (χ3n) is 4.54. The number of nitrogens with zero attached hydrogens (tertiary/aromatic N) is 1. The molecular weight excluding hydrogens is 244 g/mol. The Labute approximate surface area is 115 Å². The third kappa shape index (κ3) is 3.44. The van der Waals surface area contributed by atoms with Gasteiger partial charge >= 0.3 is 0 Å². The van der Waals surface area contributed by atoms with Gasteiger partial charge in [-0.3, -0.25) is 4.79 Å². The first-order valence-electron chi connectivity index (χ1n) is 7.11. The average Bonchev–Trinajstić information content (AvgIpc) is 3.07. The van der Waals surface area contributed by atoms with Crippen LogP contribution in [0.2, 0.25) is 0 Å². The van der Waals surface area contributed by atoms with Gasteiger partial charge in [0.05, 0.1) is 4.99 Å². The van der Waals surface area contributed by atoms with E-state index >= 15 is 0 Å². The van der Waals surface area contributed by atoms with Gasteiger partial charge in [0.2, 0.25) is 5.91 Å². The summed E-state index contributed by atoms with van der Waals surface area (Å²) in [6, 6.07) is 0. The normalized spacial score (nSPS) is 26.8. The molecule has 2 fully saturated rings. The Hall–Kier alpha value is -0.640. The smallest absolute Gasteiger partial charge is 0.222 e. The quantitative estimate of drug-likeness (QED) is 0.779. The van der Waals surface area contributed by atoms with Gasteiger partial charge in [0.15, 0.2) is 0 Å². The summed E-state index contributed by atoms with van der Waals surface area (Å²) in [5.41, 5.74) is 5.89. The lowest BCUT2D eigenvalue weighted by atomic mass is 9.98. The fourth-order valence-corrected chi connectivity index (χ4v) is 3.32. The molecule has 0 radical (unpaired) electrons. The van der Waals surface area contributed by atoms with Crippen molar-refractivity contribution in [3.8, 4) is 0 Å². The Kier molecular flexibility index (Phi) is 4.25. The van der Waals surface area contributed by atoms with Crippen molar-refractivity contribution in [2.75, 3.05) is 13.1 Å². The molecule has 2 aliphatic rings. The van der Waals surface area contributed by atoms with E-state index in [-0.39, 0.29) is 5.41 Å². The first-order chi connectivity index (χ1) is 8.54. The van der Waals surface area contributed by atoms with Gasteiger partial charge in [-0.2, -0.15) is 0 Å². The van der Waals surface area contributed by atoms with Crippen molar-refractivity contribution in [2.24, 2.45) is 17.1 Å². The zero-order valence-electron chi connectivity index (χ0n) is 11.3. The standard InChI is InChI=1S/C14H24N2OS/c1-2-11-3-4-13(17)16(8-5-11)10-14(6-7-14)9-12(15)18/h11H,2-10H2,1H3,(H2,15,18). The van der Waals surface area contributed by atoms with Crippen LogP contribution in [-0.2, 0) is 4.79 Å². The van der Waals surface area contributed by atoms with E-state index in [0.29, 0.717) is 10.9 Å². The van der Waals surface area contributed by atoms with Crippen molar-refractivity contribution in [1.29, 1.82) is 0 Å². The number of carbonyl (C=O) groups is 1. The molecule has 0 bridgehead atoms. The van der Waals surface area contributed by atoms with Crippen molar-refractivity contribution >= 4 is 23.1 Å². The topological polar surface area (TPSA) is 46.3 Å². The number of amides is 1. The highest BCUT2D eigenvalue weighted by atomic mass is 32.1. The van der Waals surface area contributed by atoms with Crippen LogP contribution in [-0.4, -0.2) is 28.9 Å². The second kappa shape index (κ2) is 5.55. The molecule has 1 unspecified atom stereocenters. The highest BCUT2D eigenvalue weighted by Gasteiger charge is 2.45. The SMILES string of the molecule is CCC1CCC(=O)N(CC2(CC(N)=S)CC2)CC1. The van der Waals surface area contributed by atoms with Gasteiger partial charge in [-0.15, -0.1) is 0 Å². The summed E-state index contributed by atoms with van der Waals surface area (Å²) in [5, 5.41) is 0. The molecule has 2 N–H and O–H groups in total. The zero-order chi connectivity index (χ0) is 13.2. The molecule has 1 saturated heterocycles. The minimum absolute atomic E-state index is 0.230. The predicted molar refractivity (Wildman–Crippen MR) is 77.3 cm³/mol. The zero-order valence-corrected chi connectivity index (χ0v) is 12.1. The molecule has 1 amide bonds. The molecule has 1 saturated carbocycles. The molecular formula is C14H24N2OS. The van der Waals surface area contributed by atoms with Crippen LogP contribution in [0.4, 0.5) is 0 Å². The Bertz CT molecular complexity index is 339. The molecule has 1 heterocycles. The monoisotopic (exact) mass is 268 g/mol. The number of carbonyl (C=O) groups excluding carboxylic acids is 1. The fourth-order valence-electron chi connectivity index (χ4n) is 3.01. The molecule has 0 aromatic carbocycles. The molecule has 3 nitrogen and oxygen atoms in total. The molecule has 102 valence electrons. The summed E-state index contributed by atoms with van der Waals surface area (Å²) >= 11 is 5.02. The maximum absolute atomic E-state index is 12.1. The molecule has 0 spiro atoms. The molecule has 1 atom stereocenters. The minimum atomic E-state index is 0.230. The minimum Gasteiger partial charge on any atom is -0.393 e. The van der Waals surface area contributed by atoms with Crippen LogP contribution in [0.25, 0.3) is 0 Å². The summed E-state index contributed by atoms with van der Waals surface area (Å²) in [5.74, 6) is 1.06. The van der Waals surface area contributed by atoms with Gasteiger partial charge in [-0.25, -0.2) is 0 Å². The molecule has 4 heteroatoms. The second-order valence-corrected chi connectivity index (χ2v) is 6.58. The number of nitrogens with two attached hydrogens (primary N) is 1. The van der Waals surface area contributed by atoms with E-state index in [1.54, 1.807) is 0 Å². The van der Waals surface area contributed by atoms with Crippen molar-refractivity contribution in [1.82, 2.24) is 4.90 Å². The van der Waals surface area contributed by atoms with E-state index in [2.05, 4.69) is 11.8 Å². The molecule has 18 heavy (non-hydrogen) atoms. The predicted octanol–water partition coefficient (Wildman–Crippen LogP) is 2.48. The van der Waals surface area contributed by atoms with Crippen molar-refractivity contribution < 1.29 is 4.79 Å².